The Morgan fingerprint density at radius 1 is 1.04 bits per heavy atom. The molecular formula is C19H39N2O3P. The third-order valence-electron chi connectivity index (χ3n) is 5.26. The summed E-state index contributed by atoms with van der Waals surface area (Å²) in [4.78, 5) is 5.76. The zero-order chi connectivity index (χ0) is 18.9. The number of unbranched alkanes of at least 4 members (excludes halogenated alkanes) is 1. The highest BCUT2D eigenvalue weighted by Gasteiger charge is 2.49. The molecule has 2 rings (SSSR count). The quantitative estimate of drug-likeness (QED) is 0.613. The van der Waals surface area contributed by atoms with E-state index >= 15 is 0 Å². The lowest BCUT2D eigenvalue weighted by Crippen LogP contribution is -2.63. The molecule has 0 saturated carbocycles. The van der Waals surface area contributed by atoms with Crippen LogP contribution in [0.5, 0.6) is 0 Å². The van der Waals surface area contributed by atoms with Gasteiger partial charge in [-0.3, -0.25) is 0 Å². The Bertz CT molecular complexity index is 414. The minimum atomic E-state index is -0.955. The summed E-state index contributed by atoms with van der Waals surface area (Å²) < 4.78 is 15.0. The highest BCUT2D eigenvalue weighted by atomic mass is 31.2. The van der Waals surface area contributed by atoms with Crippen LogP contribution in [0.25, 0.3) is 0 Å². The molecular weight excluding hydrogens is 335 g/mol. The van der Waals surface area contributed by atoms with Crippen LogP contribution >= 0.6 is 8.53 Å². The van der Waals surface area contributed by atoms with Gasteiger partial charge < -0.3 is 13.9 Å². The monoisotopic (exact) mass is 374 g/mol. The Labute approximate surface area is 156 Å². The summed E-state index contributed by atoms with van der Waals surface area (Å²) in [5, 5.41) is 2.17. The molecule has 0 aromatic heterocycles. The van der Waals surface area contributed by atoms with Crippen molar-refractivity contribution < 1.29 is 13.9 Å². The van der Waals surface area contributed by atoms with E-state index in [0.29, 0.717) is 6.04 Å². The molecule has 5 nitrogen and oxygen atoms in total. The Morgan fingerprint density at radius 2 is 1.56 bits per heavy atom. The van der Waals surface area contributed by atoms with Crippen molar-refractivity contribution >= 4 is 8.53 Å². The van der Waals surface area contributed by atoms with Gasteiger partial charge in [0.1, 0.15) is 0 Å². The zero-order valence-corrected chi connectivity index (χ0v) is 18.5. The molecule has 2 fully saturated rings. The Balaban J connectivity index is 2.17. The van der Waals surface area contributed by atoms with Gasteiger partial charge in [0.2, 0.25) is 0 Å². The summed E-state index contributed by atoms with van der Waals surface area (Å²) >= 11 is 0. The Kier molecular flexibility index (Phi) is 6.96. The van der Waals surface area contributed by atoms with Crippen LogP contribution in [0.3, 0.4) is 0 Å². The van der Waals surface area contributed by atoms with Gasteiger partial charge in [0.05, 0.1) is 20.3 Å². The van der Waals surface area contributed by atoms with Crippen LogP contribution in [0.2, 0.25) is 0 Å². The van der Waals surface area contributed by atoms with Gasteiger partial charge in [-0.25, -0.2) is 4.67 Å². The normalized spacial score (nSPS) is 27.7. The molecule has 0 amide bonds. The van der Waals surface area contributed by atoms with Crippen LogP contribution in [0.1, 0.15) is 74.1 Å². The van der Waals surface area contributed by atoms with Crippen LogP contribution < -0.4 is 0 Å². The first kappa shape index (κ1) is 21.5. The first-order valence-corrected chi connectivity index (χ1v) is 10.8. The van der Waals surface area contributed by atoms with Crippen molar-refractivity contribution in [1.82, 2.24) is 9.73 Å². The molecule has 2 aliphatic heterocycles. The fourth-order valence-corrected chi connectivity index (χ4v) is 6.35. The first-order valence-electron chi connectivity index (χ1n) is 9.69. The molecule has 0 atom stereocenters. The molecule has 6 heteroatoms. The van der Waals surface area contributed by atoms with Gasteiger partial charge in [0.25, 0.3) is 8.53 Å². The largest absolute Gasteiger partial charge is 0.321 e. The predicted octanol–water partition coefficient (Wildman–Crippen LogP) is 4.97. The molecule has 0 N–H and O–H groups in total. The SMILES string of the molecule is CCCCN(C1CC(C)(C)N(OC)C(C)(C)C1)P1OCC(C)(C)CO1. The van der Waals surface area contributed by atoms with Crippen LogP contribution in [-0.2, 0) is 13.9 Å². The van der Waals surface area contributed by atoms with Gasteiger partial charge in [-0.2, -0.15) is 5.06 Å². The molecule has 0 bridgehead atoms. The van der Waals surface area contributed by atoms with Crippen molar-refractivity contribution in [2.75, 3.05) is 26.9 Å². The molecule has 25 heavy (non-hydrogen) atoms. The summed E-state index contributed by atoms with van der Waals surface area (Å²) in [5.74, 6) is 0. The van der Waals surface area contributed by atoms with E-state index in [2.05, 4.69) is 58.2 Å². The van der Waals surface area contributed by atoms with Gasteiger partial charge in [-0.1, -0.05) is 27.2 Å². The second kappa shape index (κ2) is 8.08. The average molecular weight is 375 g/mol. The van der Waals surface area contributed by atoms with E-state index in [1.165, 1.54) is 12.8 Å². The highest BCUT2D eigenvalue weighted by Crippen LogP contribution is 2.53. The third-order valence-corrected chi connectivity index (χ3v) is 6.90. The van der Waals surface area contributed by atoms with Crippen LogP contribution in [-0.4, -0.2) is 53.7 Å². The van der Waals surface area contributed by atoms with Crippen molar-refractivity contribution in [3.8, 4) is 0 Å². The van der Waals surface area contributed by atoms with Gasteiger partial charge in [-0.15, -0.1) is 0 Å². The van der Waals surface area contributed by atoms with E-state index < -0.39 is 8.53 Å². The molecule has 0 aliphatic carbocycles. The van der Waals surface area contributed by atoms with E-state index in [9.17, 15) is 0 Å². The van der Waals surface area contributed by atoms with Gasteiger partial charge >= 0.3 is 0 Å². The van der Waals surface area contributed by atoms with Crippen LogP contribution in [0.4, 0.5) is 0 Å². The second-order valence-electron chi connectivity index (χ2n) is 9.63. The standard InChI is InChI=1S/C19H39N2O3P/c1-9-10-11-20(25-23-14-17(2,3)15-24-25)16-12-18(4,5)21(22-8)19(6,7)13-16/h16H,9-15H2,1-8H3. The van der Waals surface area contributed by atoms with E-state index in [1.54, 1.807) is 7.11 Å². The van der Waals surface area contributed by atoms with Crippen molar-refractivity contribution in [3.63, 3.8) is 0 Å². The fraction of sp³-hybridized carbons (Fsp3) is 1.00. The number of hydrogen-bond acceptors (Lipinski definition) is 5. The Hall–Kier alpha value is 0.230. The summed E-state index contributed by atoms with van der Waals surface area (Å²) in [5.41, 5.74) is 0.0826. The van der Waals surface area contributed by atoms with Gasteiger partial charge in [0.15, 0.2) is 0 Å². The number of rotatable bonds is 6. The van der Waals surface area contributed by atoms with Crippen LogP contribution in [0.15, 0.2) is 0 Å². The molecule has 0 radical (unpaired) electrons. The lowest BCUT2D eigenvalue weighted by molar-refractivity contribution is -0.270. The molecule has 148 valence electrons. The summed E-state index contributed by atoms with van der Waals surface area (Å²) in [6.07, 6.45) is 4.49. The molecule has 2 heterocycles. The highest BCUT2D eigenvalue weighted by molar-refractivity contribution is 7.44. The van der Waals surface area contributed by atoms with E-state index in [0.717, 1.165) is 32.6 Å². The number of piperidine rings is 1. The Morgan fingerprint density at radius 3 is 2.00 bits per heavy atom. The smallest absolute Gasteiger partial charge is 0.259 e. The maximum absolute atomic E-state index is 6.22. The van der Waals surface area contributed by atoms with Gasteiger partial charge in [-0.05, 0) is 47.0 Å². The third kappa shape index (κ3) is 5.15. The van der Waals surface area contributed by atoms with Crippen molar-refractivity contribution in [3.05, 3.63) is 0 Å². The lowest BCUT2D eigenvalue weighted by atomic mass is 9.79. The topological polar surface area (TPSA) is 34.2 Å². The zero-order valence-electron chi connectivity index (χ0n) is 17.6. The van der Waals surface area contributed by atoms with E-state index in [4.69, 9.17) is 13.9 Å². The molecule has 0 aromatic carbocycles. The molecule has 0 aromatic rings. The van der Waals surface area contributed by atoms with Gasteiger partial charge in [0, 0.05) is 29.1 Å². The van der Waals surface area contributed by atoms with E-state index in [1.807, 2.05) is 0 Å². The minimum absolute atomic E-state index is 0.0178. The predicted molar refractivity (Wildman–Crippen MR) is 104 cm³/mol. The molecule has 0 spiro atoms. The van der Waals surface area contributed by atoms with Crippen molar-refractivity contribution in [1.29, 1.82) is 0 Å². The maximum Gasteiger partial charge on any atom is 0.259 e. The first-order chi connectivity index (χ1) is 11.5. The van der Waals surface area contributed by atoms with Crippen molar-refractivity contribution in [2.45, 2.75) is 91.3 Å². The number of nitrogens with zero attached hydrogens (tertiary/aromatic N) is 2. The number of hydrogen-bond donors (Lipinski definition) is 0. The summed E-state index contributed by atoms with van der Waals surface area (Å²) in [6.45, 7) is 18.4. The molecule has 0 unspecified atom stereocenters. The number of hydroxylamine groups is 2. The summed E-state index contributed by atoms with van der Waals surface area (Å²) in [7, 11) is 0.834. The van der Waals surface area contributed by atoms with Crippen LogP contribution in [0, 0.1) is 5.41 Å². The fourth-order valence-electron chi connectivity index (χ4n) is 4.32. The molecule has 2 aliphatic rings. The minimum Gasteiger partial charge on any atom is -0.321 e. The van der Waals surface area contributed by atoms with Crippen molar-refractivity contribution in [2.24, 2.45) is 5.41 Å². The molecule has 2 saturated heterocycles. The second-order valence-corrected chi connectivity index (χ2v) is 11.1. The van der Waals surface area contributed by atoms with E-state index in [-0.39, 0.29) is 16.5 Å². The average Bonchev–Trinajstić information content (AvgIpc) is 2.47. The summed E-state index contributed by atoms with van der Waals surface area (Å²) in [6, 6.07) is 0.454. The lowest BCUT2D eigenvalue weighted by Gasteiger charge is -2.56. The maximum atomic E-state index is 6.22.